The zero-order valence-corrected chi connectivity index (χ0v) is 9.12. The van der Waals surface area contributed by atoms with Crippen molar-refractivity contribution in [2.75, 3.05) is 13.6 Å². The highest BCUT2D eigenvalue weighted by Crippen LogP contribution is 2.67. The first-order valence-electron chi connectivity index (χ1n) is 5.83. The molecule has 3 rings (SSSR count). The Hall–Kier alpha value is -0.370. The standard InChI is InChI=1S/C12H19NO/c1-8(14)11-6-12(7-13(11)2)5-10(12)9-3-4-9/h9-11H,3-7H2,1-2H3/t10?,11-,12+/m0/s1. The van der Waals surface area contributed by atoms with Crippen molar-refractivity contribution in [2.45, 2.75) is 38.6 Å². The van der Waals surface area contributed by atoms with Gasteiger partial charge in [0.15, 0.2) is 0 Å². The maximum Gasteiger partial charge on any atom is 0.146 e. The third-order valence-corrected chi connectivity index (χ3v) is 4.61. The van der Waals surface area contributed by atoms with E-state index in [9.17, 15) is 4.79 Å². The Morgan fingerprint density at radius 1 is 1.36 bits per heavy atom. The second kappa shape index (κ2) is 2.60. The fourth-order valence-corrected chi connectivity index (χ4v) is 3.63. The van der Waals surface area contributed by atoms with Crippen LogP contribution in [0, 0.1) is 17.3 Å². The number of hydrogen-bond donors (Lipinski definition) is 0. The molecule has 1 saturated heterocycles. The molecule has 0 aromatic rings. The number of likely N-dealkylation sites (tertiary alicyclic amines) is 1. The van der Waals surface area contributed by atoms with Crippen LogP contribution in [0.2, 0.25) is 0 Å². The molecule has 78 valence electrons. The summed E-state index contributed by atoms with van der Waals surface area (Å²) in [6, 6.07) is 0.235. The summed E-state index contributed by atoms with van der Waals surface area (Å²) in [4.78, 5) is 13.7. The molecule has 0 bridgehead atoms. The van der Waals surface area contributed by atoms with Crippen LogP contribution in [0.4, 0.5) is 0 Å². The van der Waals surface area contributed by atoms with Crippen molar-refractivity contribution >= 4 is 5.78 Å². The number of rotatable bonds is 2. The fourth-order valence-electron chi connectivity index (χ4n) is 3.63. The number of Topliss-reactive ketones (excluding diaryl/α,β-unsaturated/α-hetero) is 1. The van der Waals surface area contributed by atoms with E-state index in [0.717, 1.165) is 18.3 Å². The molecular formula is C12H19NO. The lowest BCUT2D eigenvalue weighted by atomic mass is 9.96. The molecular weight excluding hydrogens is 174 g/mol. The van der Waals surface area contributed by atoms with Crippen molar-refractivity contribution in [2.24, 2.45) is 17.3 Å². The van der Waals surface area contributed by atoms with Gasteiger partial charge in [0.1, 0.15) is 5.78 Å². The Bertz CT molecular complexity index is 284. The van der Waals surface area contributed by atoms with Crippen LogP contribution in [0.3, 0.4) is 0 Å². The molecule has 2 heteroatoms. The third kappa shape index (κ3) is 1.16. The van der Waals surface area contributed by atoms with Crippen molar-refractivity contribution in [1.82, 2.24) is 4.90 Å². The molecule has 0 aromatic carbocycles. The smallest absolute Gasteiger partial charge is 0.146 e. The summed E-state index contributed by atoms with van der Waals surface area (Å²) in [6.45, 7) is 2.92. The first-order valence-corrected chi connectivity index (χ1v) is 5.83. The molecule has 14 heavy (non-hydrogen) atoms. The summed E-state index contributed by atoms with van der Waals surface area (Å²) < 4.78 is 0. The molecule has 1 spiro atoms. The van der Waals surface area contributed by atoms with Crippen LogP contribution in [-0.2, 0) is 4.79 Å². The average Bonchev–Trinajstić information content (AvgIpc) is 2.92. The monoisotopic (exact) mass is 193 g/mol. The van der Waals surface area contributed by atoms with E-state index in [4.69, 9.17) is 0 Å². The van der Waals surface area contributed by atoms with Gasteiger partial charge in [-0.2, -0.15) is 0 Å². The van der Waals surface area contributed by atoms with Crippen LogP contribution in [-0.4, -0.2) is 30.3 Å². The van der Waals surface area contributed by atoms with E-state index in [1.165, 1.54) is 25.8 Å². The summed E-state index contributed by atoms with van der Waals surface area (Å²) in [5.74, 6) is 2.38. The summed E-state index contributed by atoms with van der Waals surface area (Å²) >= 11 is 0. The Kier molecular flexibility index (Phi) is 1.65. The molecule has 2 nitrogen and oxygen atoms in total. The van der Waals surface area contributed by atoms with Crippen molar-refractivity contribution in [3.63, 3.8) is 0 Å². The molecule has 1 unspecified atom stereocenters. The first-order chi connectivity index (χ1) is 6.62. The Labute approximate surface area is 85.7 Å². The molecule has 0 aromatic heterocycles. The van der Waals surface area contributed by atoms with Gasteiger partial charge in [-0.1, -0.05) is 0 Å². The van der Waals surface area contributed by atoms with Gasteiger partial charge >= 0.3 is 0 Å². The highest BCUT2D eigenvalue weighted by molar-refractivity contribution is 5.82. The molecule has 3 fully saturated rings. The van der Waals surface area contributed by atoms with Gasteiger partial charge in [0.25, 0.3) is 0 Å². The number of likely N-dealkylation sites (N-methyl/N-ethyl adjacent to an activating group) is 1. The van der Waals surface area contributed by atoms with E-state index in [-0.39, 0.29) is 6.04 Å². The van der Waals surface area contributed by atoms with Gasteiger partial charge in [-0.15, -0.1) is 0 Å². The predicted molar refractivity (Wildman–Crippen MR) is 55.0 cm³/mol. The van der Waals surface area contributed by atoms with Gasteiger partial charge in [0.05, 0.1) is 6.04 Å². The van der Waals surface area contributed by atoms with E-state index >= 15 is 0 Å². The maximum atomic E-state index is 11.4. The summed E-state index contributed by atoms with van der Waals surface area (Å²) in [7, 11) is 2.11. The molecule has 3 atom stereocenters. The van der Waals surface area contributed by atoms with E-state index in [1.807, 2.05) is 0 Å². The van der Waals surface area contributed by atoms with Gasteiger partial charge in [-0.05, 0) is 56.9 Å². The number of carbonyl (C=O) groups is 1. The van der Waals surface area contributed by atoms with Crippen LogP contribution >= 0.6 is 0 Å². The largest absolute Gasteiger partial charge is 0.298 e. The highest BCUT2D eigenvalue weighted by atomic mass is 16.1. The molecule has 3 aliphatic rings. The zero-order chi connectivity index (χ0) is 9.92. The first kappa shape index (κ1) is 8.90. The van der Waals surface area contributed by atoms with Gasteiger partial charge in [-0.25, -0.2) is 0 Å². The number of hydrogen-bond acceptors (Lipinski definition) is 2. The molecule has 0 amide bonds. The molecule has 2 aliphatic carbocycles. The molecule has 0 N–H and O–H groups in total. The second-order valence-corrected chi connectivity index (χ2v) is 5.76. The lowest BCUT2D eigenvalue weighted by Crippen LogP contribution is -2.30. The number of nitrogens with zero attached hydrogens (tertiary/aromatic N) is 1. The van der Waals surface area contributed by atoms with Crippen molar-refractivity contribution in [1.29, 1.82) is 0 Å². The quantitative estimate of drug-likeness (QED) is 0.665. The average molecular weight is 193 g/mol. The SMILES string of the molecule is CC(=O)[C@@H]1C[C@]2(CC2C2CC2)CN1C. The summed E-state index contributed by atoms with van der Waals surface area (Å²) in [5.41, 5.74) is 0.576. The normalized spacial score (nSPS) is 47.3. The van der Waals surface area contributed by atoms with Gasteiger partial charge in [-0.3, -0.25) is 9.69 Å². The lowest BCUT2D eigenvalue weighted by molar-refractivity contribution is -0.120. The van der Waals surface area contributed by atoms with Gasteiger partial charge in [0.2, 0.25) is 0 Å². The highest BCUT2D eigenvalue weighted by Gasteiger charge is 2.63. The van der Waals surface area contributed by atoms with Crippen LogP contribution in [0.15, 0.2) is 0 Å². The van der Waals surface area contributed by atoms with Crippen molar-refractivity contribution < 1.29 is 4.79 Å². The molecule has 1 heterocycles. The lowest BCUT2D eigenvalue weighted by Gasteiger charge is -2.14. The van der Waals surface area contributed by atoms with E-state index in [2.05, 4.69) is 11.9 Å². The Balaban J connectivity index is 1.71. The Morgan fingerprint density at radius 3 is 2.57 bits per heavy atom. The van der Waals surface area contributed by atoms with Crippen LogP contribution in [0.25, 0.3) is 0 Å². The van der Waals surface area contributed by atoms with Crippen LogP contribution < -0.4 is 0 Å². The maximum absolute atomic E-state index is 11.4. The van der Waals surface area contributed by atoms with E-state index in [1.54, 1.807) is 6.92 Å². The summed E-state index contributed by atoms with van der Waals surface area (Å²) in [6.07, 6.45) is 5.48. The molecule has 2 saturated carbocycles. The van der Waals surface area contributed by atoms with Gasteiger partial charge < -0.3 is 0 Å². The minimum absolute atomic E-state index is 0.235. The van der Waals surface area contributed by atoms with Crippen LogP contribution in [0.5, 0.6) is 0 Å². The summed E-state index contributed by atoms with van der Waals surface area (Å²) in [5, 5.41) is 0. The fraction of sp³-hybridized carbons (Fsp3) is 0.917. The number of ketones is 1. The van der Waals surface area contributed by atoms with E-state index < -0.39 is 0 Å². The molecule has 0 radical (unpaired) electrons. The Morgan fingerprint density at radius 2 is 2.07 bits per heavy atom. The zero-order valence-electron chi connectivity index (χ0n) is 9.12. The van der Waals surface area contributed by atoms with Crippen molar-refractivity contribution in [3.05, 3.63) is 0 Å². The third-order valence-electron chi connectivity index (χ3n) is 4.61. The van der Waals surface area contributed by atoms with Gasteiger partial charge in [0, 0.05) is 6.54 Å². The predicted octanol–water partition coefficient (Wildman–Crippen LogP) is 1.70. The second-order valence-electron chi connectivity index (χ2n) is 5.76. The van der Waals surface area contributed by atoms with E-state index in [0.29, 0.717) is 11.2 Å². The minimum Gasteiger partial charge on any atom is -0.298 e. The van der Waals surface area contributed by atoms with Crippen LogP contribution in [0.1, 0.15) is 32.6 Å². The number of carbonyl (C=O) groups excluding carboxylic acids is 1. The molecule has 1 aliphatic heterocycles. The minimum atomic E-state index is 0.235. The van der Waals surface area contributed by atoms with Crippen molar-refractivity contribution in [3.8, 4) is 0 Å². The topological polar surface area (TPSA) is 20.3 Å².